The summed E-state index contributed by atoms with van der Waals surface area (Å²) < 4.78 is 11.5. The van der Waals surface area contributed by atoms with Gasteiger partial charge in [-0.05, 0) is 56.5 Å². The molecule has 1 amide bonds. The van der Waals surface area contributed by atoms with Crippen LogP contribution in [0.25, 0.3) is 0 Å². The van der Waals surface area contributed by atoms with Gasteiger partial charge in [-0.25, -0.2) is 0 Å². The van der Waals surface area contributed by atoms with Crippen LogP contribution in [0.2, 0.25) is 5.02 Å². The summed E-state index contributed by atoms with van der Waals surface area (Å²) in [6, 6.07) is 9.97. The molecule has 1 aliphatic heterocycles. The molecule has 1 aliphatic rings. The molecule has 0 aromatic heterocycles. The fourth-order valence-corrected chi connectivity index (χ4v) is 3.45. The van der Waals surface area contributed by atoms with Gasteiger partial charge in [0.1, 0.15) is 11.5 Å². The Morgan fingerprint density at radius 3 is 2.70 bits per heavy atom. The van der Waals surface area contributed by atoms with Gasteiger partial charge >= 0.3 is 0 Å². The SMILES string of the molecule is Cc1ccc2c(c1)C(NC(=O)CCCOc1cc(C)c(Cl)c(C)c1)CCO2. The maximum atomic E-state index is 12.3. The van der Waals surface area contributed by atoms with E-state index in [0.717, 1.165) is 39.6 Å². The van der Waals surface area contributed by atoms with Crippen molar-refractivity contribution in [1.82, 2.24) is 5.32 Å². The van der Waals surface area contributed by atoms with Crippen molar-refractivity contribution in [3.8, 4) is 11.5 Å². The first kappa shape index (κ1) is 19.6. The Kier molecular flexibility index (Phi) is 6.27. The van der Waals surface area contributed by atoms with Gasteiger partial charge in [0.2, 0.25) is 5.91 Å². The van der Waals surface area contributed by atoms with Crippen molar-refractivity contribution in [2.45, 2.75) is 46.1 Å². The number of amides is 1. The van der Waals surface area contributed by atoms with Crippen LogP contribution in [0, 0.1) is 20.8 Å². The maximum Gasteiger partial charge on any atom is 0.220 e. The summed E-state index contributed by atoms with van der Waals surface area (Å²) in [6.45, 7) is 7.09. The van der Waals surface area contributed by atoms with E-state index in [4.69, 9.17) is 21.1 Å². The minimum Gasteiger partial charge on any atom is -0.494 e. The summed E-state index contributed by atoms with van der Waals surface area (Å²) in [7, 11) is 0. The summed E-state index contributed by atoms with van der Waals surface area (Å²) in [5.41, 5.74) is 4.23. The van der Waals surface area contributed by atoms with Crippen molar-refractivity contribution in [3.05, 3.63) is 57.6 Å². The molecule has 2 aromatic rings. The zero-order chi connectivity index (χ0) is 19.4. The van der Waals surface area contributed by atoms with E-state index in [9.17, 15) is 4.79 Å². The Hall–Kier alpha value is -2.20. The minimum absolute atomic E-state index is 0.0173. The fraction of sp³-hybridized carbons (Fsp3) is 0.409. The number of benzene rings is 2. The summed E-state index contributed by atoms with van der Waals surface area (Å²) in [5.74, 6) is 1.71. The predicted octanol–water partition coefficient (Wildman–Crippen LogP) is 5.06. The molecule has 1 atom stereocenters. The molecule has 4 nitrogen and oxygen atoms in total. The fourth-order valence-electron chi connectivity index (χ4n) is 3.34. The van der Waals surface area contributed by atoms with Crippen LogP contribution in [-0.4, -0.2) is 19.1 Å². The normalized spacial score (nSPS) is 15.6. The molecular weight excluding hydrogens is 362 g/mol. The molecule has 1 N–H and O–H groups in total. The van der Waals surface area contributed by atoms with E-state index >= 15 is 0 Å². The number of nitrogens with one attached hydrogen (secondary N) is 1. The first-order chi connectivity index (χ1) is 12.9. The highest BCUT2D eigenvalue weighted by Crippen LogP contribution is 2.32. The largest absolute Gasteiger partial charge is 0.494 e. The number of hydrogen-bond donors (Lipinski definition) is 1. The molecule has 0 spiro atoms. The van der Waals surface area contributed by atoms with Crippen LogP contribution in [0.4, 0.5) is 0 Å². The molecule has 0 radical (unpaired) electrons. The van der Waals surface area contributed by atoms with Crippen molar-refractivity contribution in [1.29, 1.82) is 0 Å². The predicted molar refractivity (Wildman–Crippen MR) is 108 cm³/mol. The number of fused-ring (bicyclic) bond motifs is 1. The smallest absolute Gasteiger partial charge is 0.220 e. The van der Waals surface area contributed by atoms with E-state index < -0.39 is 0 Å². The molecule has 0 bridgehead atoms. The van der Waals surface area contributed by atoms with E-state index in [0.29, 0.717) is 26.1 Å². The van der Waals surface area contributed by atoms with Gasteiger partial charge in [0.05, 0.1) is 19.3 Å². The number of ether oxygens (including phenoxy) is 2. The Labute approximate surface area is 165 Å². The van der Waals surface area contributed by atoms with E-state index in [1.807, 2.05) is 45.0 Å². The molecule has 0 saturated heterocycles. The molecule has 3 rings (SSSR count). The summed E-state index contributed by atoms with van der Waals surface area (Å²) >= 11 is 6.17. The third-order valence-corrected chi connectivity index (χ3v) is 5.36. The lowest BCUT2D eigenvalue weighted by Crippen LogP contribution is -2.32. The molecule has 5 heteroatoms. The standard InChI is InChI=1S/C22H26ClNO3/c1-14-6-7-20-18(11-14)19(8-10-27-20)24-21(25)5-4-9-26-17-12-15(2)22(23)16(3)13-17/h6-7,11-13,19H,4-5,8-10H2,1-3H3,(H,24,25). The van der Waals surface area contributed by atoms with Crippen LogP contribution in [0.15, 0.2) is 30.3 Å². The van der Waals surface area contributed by atoms with Crippen molar-refractivity contribution >= 4 is 17.5 Å². The molecule has 1 unspecified atom stereocenters. The van der Waals surface area contributed by atoms with Crippen LogP contribution >= 0.6 is 11.6 Å². The lowest BCUT2D eigenvalue weighted by molar-refractivity contribution is -0.122. The van der Waals surface area contributed by atoms with E-state index in [-0.39, 0.29) is 11.9 Å². The first-order valence-corrected chi connectivity index (χ1v) is 9.74. The second-order valence-electron chi connectivity index (χ2n) is 7.12. The molecule has 0 saturated carbocycles. The highest BCUT2D eigenvalue weighted by molar-refractivity contribution is 6.32. The van der Waals surface area contributed by atoms with Crippen molar-refractivity contribution in [3.63, 3.8) is 0 Å². The summed E-state index contributed by atoms with van der Waals surface area (Å²) in [6.07, 6.45) is 1.89. The number of aryl methyl sites for hydroxylation is 3. The van der Waals surface area contributed by atoms with Gasteiger partial charge in [0.15, 0.2) is 0 Å². The Morgan fingerprint density at radius 2 is 1.96 bits per heavy atom. The van der Waals surface area contributed by atoms with Crippen LogP contribution in [0.1, 0.15) is 47.6 Å². The highest BCUT2D eigenvalue weighted by atomic mass is 35.5. The second-order valence-corrected chi connectivity index (χ2v) is 7.50. The van der Waals surface area contributed by atoms with Crippen LogP contribution in [-0.2, 0) is 4.79 Å². The molecule has 0 aliphatic carbocycles. The minimum atomic E-state index is 0.0173. The quantitative estimate of drug-likeness (QED) is 0.704. The molecule has 27 heavy (non-hydrogen) atoms. The zero-order valence-electron chi connectivity index (χ0n) is 16.1. The van der Waals surface area contributed by atoms with Gasteiger partial charge in [-0.15, -0.1) is 0 Å². The van der Waals surface area contributed by atoms with Gasteiger partial charge in [0.25, 0.3) is 0 Å². The van der Waals surface area contributed by atoms with Gasteiger partial charge in [-0.3, -0.25) is 4.79 Å². The summed E-state index contributed by atoms with van der Waals surface area (Å²) in [4.78, 5) is 12.3. The first-order valence-electron chi connectivity index (χ1n) is 9.36. The zero-order valence-corrected chi connectivity index (χ0v) is 16.9. The van der Waals surface area contributed by atoms with Gasteiger partial charge < -0.3 is 14.8 Å². The average molecular weight is 388 g/mol. The second kappa shape index (κ2) is 8.66. The molecular formula is C22H26ClNO3. The molecule has 2 aromatic carbocycles. The number of carbonyl (C=O) groups is 1. The highest BCUT2D eigenvalue weighted by Gasteiger charge is 2.22. The molecule has 1 heterocycles. The van der Waals surface area contributed by atoms with Gasteiger partial charge in [0, 0.05) is 23.4 Å². The monoisotopic (exact) mass is 387 g/mol. The number of halogens is 1. The van der Waals surface area contributed by atoms with Gasteiger partial charge in [-0.2, -0.15) is 0 Å². The Balaban J connectivity index is 1.48. The number of carbonyl (C=O) groups excluding carboxylic acids is 1. The van der Waals surface area contributed by atoms with Gasteiger partial charge in [-0.1, -0.05) is 29.3 Å². The van der Waals surface area contributed by atoms with Crippen LogP contribution in [0.3, 0.4) is 0 Å². The maximum absolute atomic E-state index is 12.3. The number of rotatable bonds is 6. The lowest BCUT2D eigenvalue weighted by Gasteiger charge is -2.27. The van der Waals surface area contributed by atoms with Crippen molar-refractivity contribution in [2.24, 2.45) is 0 Å². The van der Waals surface area contributed by atoms with E-state index in [1.165, 1.54) is 5.56 Å². The number of hydrogen-bond acceptors (Lipinski definition) is 3. The van der Waals surface area contributed by atoms with Crippen molar-refractivity contribution in [2.75, 3.05) is 13.2 Å². The third kappa shape index (κ3) is 4.95. The topological polar surface area (TPSA) is 47.6 Å². The average Bonchev–Trinajstić information content (AvgIpc) is 2.63. The van der Waals surface area contributed by atoms with Crippen LogP contribution < -0.4 is 14.8 Å². The van der Waals surface area contributed by atoms with E-state index in [2.05, 4.69) is 11.4 Å². The van der Waals surface area contributed by atoms with Crippen LogP contribution in [0.5, 0.6) is 11.5 Å². The molecule has 0 fully saturated rings. The van der Waals surface area contributed by atoms with Crippen molar-refractivity contribution < 1.29 is 14.3 Å². The Morgan fingerprint density at radius 1 is 1.22 bits per heavy atom. The lowest BCUT2D eigenvalue weighted by atomic mass is 9.98. The third-order valence-electron chi connectivity index (χ3n) is 4.77. The van der Waals surface area contributed by atoms with E-state index in [1.54, 1.807) is 0 Å². The molecule has 144 valence electrons. The Bertz CT molecular complexity index is 811. The summed E-state index contributed by atoms with van der Waals surface area (Å²) in [5, 5.41) is 3.91.